The van der Waals surface area contributed by atoms with E-state index in [0.717, 1.165) is 0 Å². The number of ether oxygens (including phenoxy) is 1. The maximum absolute atomic E-state index is 12.6. The average Bonchev–Trinajstić information content (AvgIpc) is 2.90. The molecule has 0 radical (unpaired) electrons. The number of fused-ring (bicyclic) bond motifs is 1. The summed E-state index contributed by atoms with van der Waals surface area (Å²) in [6.45, 7) is 5.52. The Hall–Kier alpha value is -2.80. The number of sulfonamides is 1. The summed E-state index contributed by atoms with van der Waals surface area (Å²) in [6, 6.07) is 11.0. The summed E-state index contributed by atoms with van der Waals surface area (Å²) in [5, 5.41) is 0.585. The van der Waals surface area contributed by atoms with Crippen LogP contribution in [-0.2, 0) is 10.0 Å². The number of Topliss-reactive ketones (excluding diaryl/α,β-unsaturated/α-hetero) is 1. The molecule has 0 amide bonds. The fraction of sp³-hybridized carbons (Fsp3) is 0.211. The van der Waals surface area contributed by atoms with Gasteiger partial charge in [-0.15, -0.1) is 0 Å². The van der Waals surface area contributed by atoms with Crippen LogP contribution in [0.3, 0.4) is 0 Å². The molecule has 1 aromatic heterocycles. The van der Waals surface area contributed by atoms with Gasteiger partial charge >= 0.3 is 0 Å². The molecule has 26 heavy (non-hydrogen) atoms. The van der Waals surface area contributed by atoms with Crippen LogP contribution in [0.25, 0.3) is 11.0 Å². The lowest BCUT2D eigenvalue weighted by Crippen LogP contribution is -2.12. The molecule has 0 fully saturated rings. The molecule has 0 atom stereocenters. The first-order valence-corrected chi connectivity index (χ1v) is 9.60. The van der Waals surface area contributed by atoms with E-state index in [4.69, 9.17) is 9.15 Å². The van der Waals surface area contributed by atoms with E-state index in [9.17, 15) is 13.2 Å². The van der Waals surface area contributed by atoms with Gasteiger partial charge in [0, 0.05) is 11.1 Å². The number of aryl methyl sites for hydroxylation is 1. The van der Waals surface area contributed by atoms with Crippen LogP contribution in [0.4, 0.5) is 5.69 Å². The minimum Gasteiger partial charge on any atom is -0.494 e. The molecule has 0 spiro atoms. The van der Waals surface area contributed by atoms with Crippen LogP contribution in [0.1, 0.15) is 30.0 Å². The standard InChI is InChI=1S/C19H19NO5S/c1-4-24-15-6-8-16(9-7-15)26(22,23)20-14-5-10-18-17(11-14)19(12(2)21)13(3)25-18/h5-11,20H,4H2,1-3H3. The number of ketones is 1. The zero-order valence-electron chi connectivity index (χ0n) is 14.7. The van der Waals surface area contributed by atoms with Gasteiger partial charge in [0.15, 0.2) is 5.78 Å². The third-order valence-electron chi connectivity index (χ3n) is 3.91. The lowest BCUT2D eigenvalue weighted by atomic mass is 10.1. The molecule has 0 bridgehead atoms. The molecule has 1 N–H and O–H groups in total. The number of hydrogen-bond donors (Lipinski definition) is 1. The van der Waals surface area contributed by atoms with Crippen LogP contribution >= 0.6 is 0 Å². The molecule has 136 valence electrons. The van der Waals surface area contributed by atoms with Gasteiger partial charge < -0.3 is 9.15 Å². The third-order valence-corrected chi connectivity index (χ3v) is 5.31. The number of hydrogen-bond acceptors (Lipinski definition) is 5. The van der Waals surface area contributed by atoms with Gasteiger partial charge in [-0.2, -0.15) is 0 Å². The normalized spacial score (nSPS) is 11.5. The lowest BCUT2D eigenvalue weighted by molar-refractivity contribution is 0.101. The maximum Gasteiger partial charge on any atom is 0.261 e. The van der Waals surface area contributed by atoms with Crippen LogP contribution in [-0.4, -0.2) is 20.8 Å². The molecule has 7 heteroatoms. The van der Waals surface area contributed by atoms with E-state index in [1.54, 1.807) is 37.3 Å². The summed E-state index contributed by atoms with van der Waals surface area (Å²) < 4.78 is 38.6. The first-order valence-electron chi connectivity index (χ1n) is 8.11. The Morgan fingerprint density at radius 2 is 1.85 bits per heavy atom. The average molecular weight is 373 g/mol. The highest BCUT2D eigenvalue weighted by atomic mass is 32.2. The fourth-order valence-corrected chi connectivity index (χ4v) is 3.87. The second kappa shape index (κ2) is 6.84. The van der Waals surface area contributed by atoms with E-state index in [1.807, 2.05) is 6.92 Å². The van der Waals surface area contributed by atoms with Crippen molar-refractivity contribution in [3.63, 3.8) is 0 Å². The number of furan rings is 1. The quantitative estimate of drug-likeness (QED) is 0.656. The van der Waals surface area contributed by atoms with Crippen molar-refractivity contribution in [2.45, 2.75) is 25.7 Å². The zero-order chi connectivity index (χ0) is 18.9. The summed E-state index contributed by atoms with van der Waals surface area (Å²) in [6.07, 6.45) is 0. The van der Waals surface area contributed by atoms with Crippen molar-refractivity contribution in [2.24, 2.45) is 0 Å². The van der Waals surface area contributed by atoms with Gasteiger partial charge in [-0.1, -0.05) is 0 Å². The Morgan fingerprint density at radius 3 is 2.46 bits per heavy atom. The number of benzene rings is 2. The summed E-state index contributed by atoms with van der Waals surface area (Å²) in [4.78, 5) is 12.0. The number of carbonyl (C=O) groups is 1. The third kappa shape index (κ3) is 3.43. The van der Waals surface area contributed by atoms with Crippen LogP contribution in [0, 0.1) is 6.92 Å². The molecule has 0 aliphatic rings. The van der Waals surface area contributed by atoms with Crippen LogP contribution in [0.15, 0.2) is 51.8 Å². The van der Waals surface area contributed by atoms with Crippen molar-refractivity contribution in [2.75, 3.05) is 11.3 Å². The molecule has 2 aromatic carbocycles. The minimum atomic E-state index is -3.76. The van der Waals surface area contributed by atoms with Crippen molar-refractivity contribution < 1.29 is 22.4 Å². The molecule has 0 aliphatic carbocycles. The lowest BCUT2D eigenvalue weighted by Gasteiger charge is -2.09. The van der Waals surface area contributed by atoms with E-state index < -0.39 is 10.0 Å². The van der Waals surface area contributed by atoms with E-state index in [0.29, 0.717) is 40.3 Å². The predicted octanol–water partition coefficient (Wildman–Crippen LogP) is 4.14. The van der Waals surface area contributed by atoms with Crippen molar-refractivity contribution in [3.05, 3.63) is 53.8 Å². The van der Waals surface area contributed by atoms with E-state index in [-0.39, 0.29) is 10.7 Å². The molecule has 0 unspecified atom stereocenters. The van der Waals surface area contributed by atoms with Crippen molar-refractivity contribution in [1.29, 1.82) is 0 Å². The highest BCUT2D eigenvalue weighted by Crippen LogP contribution is 2.29. The monoisotopic (exact) mass is 373 g/mol. The van der Waals surface area contributed by atoms with Gasteiger partial charge in [0.2, 0.25) is 0 Å². The summed E-state index contributed by atoms with van der Waals surface area (Å²) in [7, 11) is -3.76. The van der Waals surface area contributed by atoms with E-state index in [1.165, 1.54) is 19.1 Å². The van der Waals surface area contributed by atoms with Crippen molar-refractivity contribution >= 4 is 32.5 Å². The van der Waals surface area contributed by atoms with Gasteiger partial charge in [-0.05, 0) is 63.2 Å². The SMILES string of the molecule is CCOc1ccc(S(=O)(=O)Nc2ccc3oc(C)c(C(C)=O)c3c2)cc1. The van der Waals surface area contributed by atoms with Crippen LogP contribution in [0.2, 0.25) is 0 Å². The Labute approximate surface area is 151 Å². The molecule has 3 rings (SSSR count). The van der Waals surface area contributed by atoms with Gasteiger partial charge in [0.1, 0.15) is 17.1 Å². The van der Waals surface area contributed by atoms with Crippen LogP contribution < -0.4 is 9.46 Å². The molecule has 3 aromatic rings. The second-order valence-corrected chi connectivity index (χ2v) is 7.49. The van der Waals surface area contributed by atoms with Crippen LogP contribution in [0.5, 0.6) is 5.75 Å². The summed E-state index contributed by atoms with van der Waals surface area (Å²) >= 11 is 0. The predicted molar refractivity (Wildman–Crippen MR) is 99.4 cm³/mol. The highest BCUT2D eigenvalue weighted by molar-refractivity contribution is 7.92. The molecule has 0 saturated carbocycles. The van der Waals surface area contributed by atoms with E-state index in [2.05, 4.69) is 4.72 Å². The highest BCUT2D eigenvalue weighted by Gasteiger charge is 2.18. The Morgan fingerprint density at radius 1 is 1.15 bits per heavy atom. The topological polar surface area (TPSA) is 85.6 Å². The first-order chi connectivity index (χ1) is 12.3. The smallest absolute Gasteiger partial charge is 0.261 e. The van der Waals surface area contributed by atoms with Gasteiger partial charge in [0.25, 0.3) is 10.0 Å². The fourth-order valence-electron chi connectivity index (χ4n) is 2.82. The minimum absolute atomic E-state index is 0.121. The Kier molecular flexibility index (Phi) is 4.73. The van der Waals surface area contributed by atoms with E-state index >= 15 is 0 Å². The maximum atomic E-state index is 12.6. The van der Waals surface area contributed by atoms with Crippen molar-refractivity contribution in [1.82, 2.24) is 0 Å². The molecule has 6 nitrogen and oxygen atoms in total. The molecular weight excluding hydrogens is 354 g/mol. The van der Waals surface area contributed by atoms with Crippen molar-refractivity contribution in [3.8, 4) is 5.75 Å². The molecule has 1 heterocycles. The summed E-state index contributed by atoms with van der Waals surface area (Å²) in [5.41, 5.74) is 1.36. The van der Waals surface area contributed by atoms with Gasteiger partial charge in [0.05, 0.1) is 17.1 Å². The largest absolute Gasteiger partial charge is 0.494 e. The zero-order valence-corrected chi connectivity index (χ0v) is 15.5. The first kappa shape index (κ1) is 18.0. The Balaban J connectivity index is 1.94. The van der Waals surface area contributed by atoms with Gasteiger partial charge in [-0.25, -0.2) is 8.42 Å². The number of nitrogens with one attached hydrogen (secondary N) is 1. The second-order valence-electron chi connectivity index (χ2n) is 5.81. The Bertz CT molecular complexity index is 1070. The summed E-state index contributed by atoms with van der Waals surface area (Å²) in [5.74, 6) is 0.986. The number of rotatable bonds is 6. The number of anilines is 1. The molecular formula is C19H19NO5S. The number of carbonyl (C=O) groups excluding carboxylic acids is 1. The molecule has 0 aliphatic heterocycles. The molecule has 0 saturated heterocycles. The van der Waals surface area contributed by atoms with Gasteiger partial charge in [-0.3, -0.25) is 9.52 Å².